The van der Waals surface area contributed by atoms with Gasteiger partial charge >= 0.3 is 0 Å². The lowest BCUT2D eigenvalue weighted by Gasteiger charge is -2.30. The first kappa shape index (κ1) is 12.1. The van der Waals surface area contributed by atoms with Gasteiger partial charge in [-0.3, -0.25) is 0 Å². The summed E-state index contributed by atoms with van der Waals surface area (Å²) in [6.07, 6.45) is 4.00. The van der Waals surface area contributed by atoms with E-state index in [4.69, 9.17) is 0 Å². The lowest BCUT2D eigenvalue weighted by atomic mass is 9.90. The summed E-state index contributed by atoms with van der Waals surface area (Å²) in [7, 11) is 4.40. The Bertz CT molecular complexity index is 289. The van der Waals surface area contributed by atoms with Crippen LogP contribution in [-0.2, 0) is 0 Å². The van der Waals surface area contributed by atoms with Gasteiger partial charge in [-0.1, -0.05) is 6.07 Å². The minimum atomic E-state index is 0.614. The van der Waals surface area contributed by atoms with Crippen LogP contribution >= 0.6 is 11.3 Å². The van der Waals surface area contributed by atoms with Crippen molar-refractivity contribution in [1.82, 2.24) is 10.2 Å². The van der Waals surface area contributed by atoms with Crippen LogP contribution in [0.15, 0.2) is 17.5 Å². The van der Waals surface area contributed by atoms with Gasteiger partial charge in [-0.2, -0.15) is 0 Å². The van der Waals surface area contributed by atoms with Gasteiger partial charge in [0.2, 0.25) is 0 Å². The fourth-order valence-corrected chi connectivity index (χ4v) is 3.43. The summed E-state index contributed by atoms with van der Waals surface area (Å²) >= 11 is 1.89. The highest BCUT2D eigenvalue weighted by molar-refractivity contribution is 7.10. The molecule has 1 unspecified atom stereocenters. The van der Waals surface area contributed by atoms with Gasteiger partial charge in [0.1, 0.15) is 0 Å². The van der Waals surface area contributed by atoms with E-state index in [1.54, 1.807) is 0 Å². The summed E-state index contributed by atoms with van der Waals surface area (Å²) in [5.74, 6) is 0.899. The summed E-state index contributed by atoms with van der Waals surface area (Å²) in [5, 5.41) is 5.63. The third kappa shape index (κ3) is 3.06. The minimum absolute atomic E-state index is 0.614. The molecule has 0 radical (unpaired) electrons. The molecule has 1 N–H and O–H groups in total. The Morgan fingerprint density at radius 1 is 1.44 bits per heavy atom. The van der Waals surface area contributed by atoms with E-state index in [1.165, 1.54) is 37.2 Å². The van der Waals surface area contributed by atoms with Crippen molar-refractivity contribution in [2.45, 2.75) is 25.3 Å². The zero-order valence-electron chi connectivity index (χ0n) is 10.3. The molecule has 90 valence electrons. The minimum Gasteiger partial charge on any atom is -0.317 e. The van der Waals surface area contributed by atoms with Gasteiger partial charge in [0.15, 0.2) is 0 Å². The number of hydrogen-bond acceptors (Lipinski definition) is 3. The van der Waals surface area contributed by atoms with Gasteiger partial charge in [-0.25, -0.2) is 0 Å². The summed E-state index contributed by atoms with van der Waals surface area (Å²) in [4.78, 5) is 3.89. The van der Waals surface area contributed by atoms with Gasteiger partial charge < -0.3 is 10.2 Å². The summed E-state index contributed by atoms with van der Waals surface area (Å²) in [6.45, 7) is 2.41. The van der Waals surface area contributed by atoms with Gasteiger partial charge in [-0.15, -0.1) is 11.3 Å². The third-order valence-corrected chi connectivity index (χ3v) is 4.48. The van der Waals surface area contributed by atoms with Crippen molar-refractivity contribution >= 4 is 11.3 Å². The maximum Gasteiger partial charge on any atom is 0.0438 e. The quantitative estimate of drug-likeness (QED) is 0.867. The zero-order chi connectivity index (χ0) is 11.4. The fraction of sp³-hybridized carbons (Fsp3) is 0.692. The predicted molar refractivity (Wildman–Crippen MR) is 71.0 cm³/mol. The lowest BCUT2D eigenvalue weighted by molar-refractivity contribution is 0.226. The molecule has 0 bridgehead atoms. The molecular formula is C13H22N2S. The van der Waals surface area contributed by atoms with E-state index in [-0.39, 0.29) is 0 Å². The van der Waals surface area contributed by atoms with Gasteiger partial charge in [0.25, 0.3) is 0 Å². The lowest BCUT2D eigenvalue weighted by Crippen LogP contribution is -2.30. The van der Waals surface area contributed by atoms with Crippen molar-refractivity contribution in [2.75, 3.05) is 27.2 Å². The maximum absolute atomic E-state index is 3.44. The normalized spacial score (nSPS) is 20.2. The standard InChI is InChI=1S/C13H22N2S/c1-15(2)12(13-4-3-9-16-13)10-11-5-7-14-8-6-11/h3-4,9,11-12,14H,5-8,10H2,1-2H3. The smallest absolute Gasteiger partial charge is 0.0438 e. The van der Waals surface area contributed by atoms with E-state index >= 15 is 0 Å². The first-order chi connectivity index (χ1) is 7.77. The van der Waals surface area contributed by atoms with Crippen molar-refractivity contribution in [3.63, 3.8) is 0 Å². The molecule has 2 nitrogen and oxygen atoms in total. The van der Waals surface area contributed by atoms with Crippen LogP contribution < -0.4 is 5.32 Å². The first-order valence-corrected chi connectivity index (χ1v) is 7.06. The van der Waals surface area contributed by atoms with Gasteiger partial charge in [0, 0.05) is 10.9 Å². The van der Waals surface area contributed by atoms with E-state index in [9.17, 15) is 0 Å². The second kappa shape index (κ2) is 5.80. The Kier molecular flexibility index (Phi) is 4.38. The second-order valence-electron chi connectivity index (χ2n) is 4.92. The van der Waals surface area contributed by atoms with Crippen LogP contribution in [0.25, 0.3) is 0 Å². The SMILES string of the molecule is CN(C)C(CC1CCNCC1)c1cccs1. The second-order valence-corrected chi connectivity index (χ2v) is 5.90. The van der Waals surface area contributed by atoms with Crippen molar-refractivity contribution in [3.05, 3.63) is 22.4 Å². The van der Waals surface area contributed by atoms with Crippen LogP contribution in [0.3, 0.4) is 0 Å². The Balaban J connectivity index is 1.97. The molecule has 1 saturated heterocycles. The molecule has 2 rings (SSSR count). The van der Waals surface area contributed by atoms with E-state index in [0.29, 0.717) is 6.04 Å². The summed E-state index contributed by atoms with van der Waals surface area (Å²) < 4.78 is 0. The highest BCUT2D eigenvalue weighted by Gasteiger charge is 2.21. The van der Waals surface area contributed by atoms with Crippen LogP contribution in [0.5, 0.6) is 0 Å². The van der Waals surface area contributed by atoms with Crippen molar-refractivity contribution in [1.29, 1.82) is 0 Å². The number of nitrogens with one attached hydrogen (secondary N) is 1. The zero-order valence-corrected chi connectivity index (χ0v) is 11.1. The molecule has 3 heteroatoms. The van der Waals surface area contributed by atoms with E-state index in [1.807, 2.05) is 11.3 Å². The Morgan fingerprint density at radius 3 is 2.75 bits per heavy atom. The first-order valence-electron chi connectivity index (χ1n) is 6.18. The molecular weight excluding hydrogens is 216 g/mol. The topological polar surface area (TPSA) is 15.3 Å². The van der Waals surface area contributed by atoms with Gasteiger partial charge in [0.05, 0.1) is 0 Å². The Labute approximate surface area is 103 Å². The van der Waals surface area contributed by atoms with Crippen LogP contribution in [0.1, 0.15) is 30.2 Å². The molecule has 2 heterocycles. The highest BCUT2D eigenvalue weighted by Crippen LogP contribution is 2.32. The monoisotopic (exact) mass is 238 g/mol. The third-order valence-electron chi connectivity index (χ3n) is 3.51. The molecule has 1 aromatic heterocycles. The molecule has 16 heavy (non-hydrogen) atoms. The molecule has 0 spiro atoms. The fourth-order valence-electron chi connectivity index (χ4n) is 2.50. The maximum atomic E-state index is 3.44. The largest absolute Gasteiger partial charge is 0.317 e. The molecule has 1 fully saturated rings. The van der Waals surface area contributed by atoms with Crippen LogP contribution in [0, 0.1) is 5.92 Å². The van der Waals surface area contributed by atoms with E-state index in [2.05, 4.69) is 41.8 Å². The summed E-state index contributed by atoms with van der Waals surface area (Å²) in [5.41, 5.74) is 0. The Morgan fingerprint density at radius 2 is 2.19 bits per heavy atom. The van der Waals surface area contributed by atoms with Crippen LogP contribution in [-0.4, -0.2) is 32.1 Å². The van der Waals surface area contributed by atoms with Crippen LogP contribution in [0.2, 0.25) is 0 Å². The number of hydrogen-bond donors (Lipinski definition) is 1. The number of nitrogens with zero attached hydrogens (tertiary/aromatic N) is 1. The molecule has 1 aliphatic rings. The van der Waals surface area contributed by atoms with Crippen molar-refractivity contribution in [3.8, 4) is 0 Å². The number of thiophene rings is 1. The molecule has 1 atom stereocenters. The average Bonchev–Trinajstić information content (AvgIpc) is 2.80. The number of piperidine rings is 1. The molecule has 0 aromatic carbocycles. The molecule has 0 saturated carbocycles. The molecule has 0 aliphatic carbocycles. The highest BCUT2D eigenvalue weighted by atomic mass is 32.1. The number of rotatable bonds is 4. The van der Waals surface area contributed by atoms with E-state index < -0.39 is 0 Å². The average molecular weight is 238 g/mol. The van der Waals surface area contributed by atoms with Crippen LogP contribution in [0.4, 0.5) is 0 Å². The molecule has 1 aliphatic heterocycles. The van der Waals surface area contributed by atoms with E-state index in [0.717, 1.165) is 5.92 Å². The van der Waals surface area contributed by atoms with Crippen molar-refractivity contribution < 1.29 is 0 Å². The van der Waals surface area contributed by atoms with Gasteiger partial charge in [-0.05, 0) is 63.8 Å². The Hall–Kier alpha value is -0.380. The van der Waals surface area contributed by atoms with Crippen molar-refractivity contribution in [2.24, 2.45) is 5.92 Å². The predicted octanol–water partition coefficient (Wildman–Crippen LogP) is 2.74. The molecule has 0 amide bonds. The summed E-state index contributed by atoms with van der Waals surface area (Å²) in [6, 6.07) is 5.05. The molecule has 1 aromatic rings.